The smallest absolute Gasteiger partial charge is 0.241 e. The van der Waals surface area contributed by atoms with Crippen LogP contribution in [0.25, 0.3) is 0 Å². The number of sulfone groups is 1. The predicted octanol–water partition coefficient (Wildman–Crippen LogP) is 0.206. The minimum atomic E-state index is -3.65. The van der Waals surface area contributed by atoms with Gasteiger partial charge in [0.15, 0.2) is 15.7 Å². The molecule has 0 fully saturated rings. The van der Waals surface area contributed by atoms with Crippen LogP contribution in [-0.4, -0.2) is 35.8 Å². The number of aryl methyl sites for hydroxylation is 1. The Morgan fingerprint density at radius 1 is 1.39 bits per heavy atom. The van der Waals surface area contributed by atoms with Crippen LogP contribution in [0.3, 0.4) is 0 Å². The molecule has 0 spiro atoms. The first-order valence-corrected chi connectivity index (χ1v) is 7.25. The molecule has 1 N–H and O–H groups in total. The zero-order valence-corrected chi connectivity index (χ0v) is 11.6. The topological polar surface area (TPSA) is 102 Å². The van der Waals surface area contributed by atoms with Crippen LogP contribution >= 0.6 is 0 Å². The summed E-state index contributed by atoms with van der Waals surface area (Å²) < 4.78 is 28.6. The van der Waals surface area contributed by atoms with Crippen molar-refractivity contribution in [3.05, 3.63) is 11.7 Å². The summed E-state index contributed by atoms with van der Waals surface area (Å²) in [6.45, 7) is 6.46. The van der Waals surface area contributed by atoms with Crippen LogP contribution in [0.4, 0.5) is 0 Å². The van der Waals surface area contributed by atoms with Crippen LogP contribution in [-0.2, 0) is 20.4 Å². The van der Waals surface area contributed by atoms with Crippen molar-refractivity contribution in [1.29, 1.82) is 0 Å². The summed E-state index contributed by atoms with van der Waals surface area (Å²) in [6.07, 6.45) is 0. The molecular formula is C10H17N3O4S. The molecule has 102 valence electrons. The van der Waals surface area contributed by atoms with E-state index in [1.807, 2.05) is 0 Å². The molecule has 1 aromatic heterocycles. The van der Waals surface area contributed by atoms with Gasteiger partial charge in [-0.05, 0) is 27.7 Å². The Bertz CT molecular complexity index is 521. The average molecular weight is 275 g/mol. The fourth-order valence-electron chi connectivity index (χ4n) is 1.26. The van der Waals surface area contributed by atoms with E-state index in [4.69, 9.17) is 4.52 Å². The molecule has 1 amide bonds. The highest BCUT2D eigenvalue weighted by Gasteiger charge is 2.30. The predicted molar refractivity (Wildman–Crippen MR) is 64.4 cm³/mol. The first-order valence-electron chi connectivity index (χ1n) is 5.53. The van der Waals surface area contributed by atoms with Gasteiger partial charge in [-0.2, -0.15) is 4.98 Å². The molecule has 1 unspecified atom stereocenters. The summed E-state index contributed by atoms with van der Waals surface area (Å²) in [7, 11) is -3.65. The Morgan fingerprint density at radius 2 is 2.00 bits per heavy atom. The normalized spacial score (nSPS) is 13.6. The lowest BCUT2D eigenvalue weighted by molar-refractivity contribution is -0.120. The van der Waals surface area contributed by atoms with E-state index >= 15 is 0 Å². The Kier molecular flexibility index (Phi) is 4.44. The second-order valence-electron chi connectivity index (χ2n) is 4.35. The van der Waals surface area contributed by atoms with Gasteiger partial charge in [0, 0.05) is 6.04 Å². The molecule has 0 aromatic carbocycles. The van der Waals surface area contributed by atoms with E-state index in [2.05, 4.69) is 15.5 Å². The molecule has 0 aliphatic rings. The number of carbonyl (C=O) groups excluding carboxylic acids is 1. The van der Waals surface area contributed by atoms with Gasteiger partial charge >= 0.3 is 0 Å². The number of nitrogens with zero attached hydrogens (tertiary/aromatic N) is 2. The summed E-state index contributed by atoms with van der Waals surface area (Å²) in [5.74, 6) is -0.599. The Hall–Kier alpha value is -1.44. The molecule has 1 rings (SSSR count). The summed E-state index contributed by atoms with van der Waals surface area (Å²) in [5, 5.41) is 4.91. The maximum Gasteiger partial charge on any atom is 0.241 e. The molecule has 0 radical (unpaired) electrons. The molecule has 7 nitrogen and oxygen atoms in total. The largest absolute Gasteiger partial charge is 0.353 e. The summed E-state index contributed by atoms with van der Waals surface area (Å²) in [5.41, 5.74) is 0. The molecule has 18 heavy (non-hydrogen) atoms. The molecule has 1 atom stereocenters. The van der Waals surface area contributed by atoms with E-state index in [1.165, 1.54) is 6.92 Å². The molecule has 0 aliphatic heterocycles. The van der Waals surface area contributed by atoms with Crippen molar-refractivity contribution < 1.29 is 17.7 Å². The van der Waals surface area contributed by atoms with E-state index in [0.717, 1.165) is 0 Å². The third-order valence-corrected chi connectivity index (χ3v) is 4.17. The highest BCUT2D eigenvalue weighted by molar-refractivity contribution is 7.92. The van der Waals surface area contributed by atoms with Gasteiger partial charge in [-0.1, -0.05) is 5.16 Å². The minimum Gasteiger partial charge on any atom is -0.353 e. The number of hydrogen-bond donors (Lipinski definition) is 1. The standard InChI is InChI=1S/C10H17N3O4S/c1-6(2)11-10(14)7(3)18(15,16)5-9-12-8(4)13-17-9/h6-7H,5H2,1-4H3,(H,11,14). The summed E-state index contributed by atoms with van der Waals surface area (Å²) >= 11 is 0. The van der Waals surface area contributed by atoms with Crippen molar-refractivity contribution >= 4 is 15.7 Å². The molecule has 1 heterocycles. The third-order valence-electron chi connectivity index (χ3n) is 2.23. The van der Waals surface area contributed by atoms with Gasteiger partial charge in [0.25, 0.3) is 0 Å². The van der Waals surface area contributed by atoms with Gasteiger partial charge in [-0.3, -0.25) is 4.79 Å². The summed E-state index contributed by atoms with van der Waals surface area (Å²) in [6, 6.07) is -0.110. The van der Waals surface area contributed by atoms with Gasteiger partial charge in [-0.15, -0.1) is 0 Å². The average Bonchev–Trinajstić information content (AvgIpc) is 2.60. The van der Waals surface area contributed by atoms with Gasteiger partial charge < -0.3 is 9.84 Å². The van der Waals surface area contributed by atoms with Crippen LogP contribution in [0.1, 0.15) is 32.5 Å². The van der Waals surface area contributed by atoms with E-state index in [1.54, 1.807) is 20.8 Å². The fraction of sp³-hybridized carbons (Fsp3) is 0.700. The van der Waals surface area contributed by atoms with Crippen LogP contribution in [0.15, 0.2) is 4.52 Å². The Balaban J connectivity index is 2.77. The molecule has 0 bridgehead atoms. The number of amides is 1. The summed E-state index contributed by atoms with van der Waals surface area (Å²) in [4.78, 5) is 15.4. The van der Waals surface area contributed by atoms with Crippen LogP contribution in [0.2, 0.25) is 0 Å². The van der Waals surface area contributed by atoms with Crippen LogP contribution in [0, 0.1) is 6.92 Å². The monoisotopic (exact) mass is 275 g/mol. The van der Waals surface area contributed by atoms with E-state index < -0.39 is 26.7 Å². The Labute approximate surface area is 106 Å². The van der Waals surface area contributed by atoms with E-state index in [-0.39, 0.29) is 11.9 Å². The lowest BCUT2D eigenvalue weighted by Gasteiger charge is -2.14. The Morgan fingerprint density at radius 3 is 2.44 bits per heavy atom. The van der Waals surface area contributed by atoms with E-state index in [9.17, 15) is 13.2 Å². The van der Waals surface area contributed by atoms with Crippen molar-refractivity contribution in [3.8, 4) is 0 Å². The molecule has 0 saturated heterocycles. The molecule has 8 heteroatoms. The first kappa shape index (κ1) is 14.6. The first-order chi connectivity index (χ1) is 8.22. The molecule has 0 saturated carbocycles. The second-order valence-corrected chi connectivity index (χ2v) is 6.67. The SMILES string of the molecule is Cc1noc(CS(=O)(=O)C(C)C(=O)NC(C)C)n1. The maximum absolute atomic E-state index is 11.9. The number of carbonyl (C=O) groups is 1. The van der Waals surface area contributed by atoms with Gasteiger partial charge in [0.1, 0.15) is 11.0 Å². The third kappa shape index (κ3) is 3.80. The number of aromatic nitrogens is 2. The van der Waals surface area contributed by atoms with Crippen molar-refractivity contribution in [2.45, 2.75) is 44.7 Å². The lowest BCUT2D eigenvalue weighted by Crippen LogP contribution is -2.41. The number of nitrogens with one attached hydrogen (secondary N) is 1. The lowest BCUT2D eigenvalue weighted by atomic mass is 10.3. The second kappa shape index (κ2) is 5.47. The molecular weight excluding hydrogens is 258 g/mol. The van der Waals surface area contributed by atoms with Gasteiger partial charge in [0.05, 0.1) is 0 Å². The highest BCUT2D eigenvalue weighted by atomic mass is 32.2. The van der Waals surface area contributed by atoms with E-state index in [0.29, 0.717) is 5.82 Å². The fourth-order valence-corrected chi connectivity index (χ4v) is 2.37. The van der Waals surface area contributed by atoms with Crippen LogP contribution < -0.4 is 5.32 Å². The van der Waals surface area contributed by atoms with Crippen molar-refractivity contribution in [2.75, 3.05) is 0 Å². The highest BCUT2D eigenvalue weighted by Crippen LogP contribution is 2.10. The number of hydrogen-bond acceptors (Lipinski definition) is 6. The zero-order chi connectivity index (χ0) is 13.9. The quantitative estimate of drug-likeness (QED) is 0.824. The minimum absolute atomic E-state index is 0.00306. The molecule has 0 aliphatic carbocycles. The van der Waals surface area contributed by atoms with Gasteiger partial charge in [0.2, 0.25) is 11.8 Å². The van der Waals surface area contributed by atoms with Crippen molar-refractivity contribution in [1.82, 2.24) is 15.5 Å². The maximum atomic E-state index is 11.9. The van der Waals surface area contributed by atoms with Gasteiger partial charge in [-0.25, -0.2) is 8.42 Å². The number of rotatable bonds is 5. The van der Waals surface area contributed by atoms with Crippen LogP contribution in [0.5, 0.6) is 0 Å². The zero-order valence-electron chi connectivity index (χ0n) is 10.8. The van der Waals surface area contributed by atoms with Crippen molar-refractivity contribution in [3.63, 3.8) is 0 Å². The van der Waals surface area contributed by atoms with Crippen molar-refractivity contribution in [2.24, 2.45) is 0 Å². The molecule has 1 aromatic rings.